The monoisotopic (exact) mass is 290 g/mol. The lowest BCUT2D eigenvalue weighted by atomic mass is 10.4. The van der Waals surface area contributed by atoms with E-state index in [2.05, 4.69) is 48.7 Å². The second-order valence-electron chi connectivity index (χ2n) is 2.23. The molecule has 0 spiro atoms. The molecular formula is C8H8Br2N2. The van der Waals surface area contributed by atoms with Gasteiger partial charge in [0.2, 0.25) is 0 Å². The number of anilines is 1. The highest BCUT2D eigenvalue weighted by molar-refractivity contribution is 9.11. The molecule has 4 heteroatoms. The van der Waals surface area contributed by atoms with E-state index in [1.54, 1.807) is 12.4 Å². The Kier molecular flexibility index (Phi) is 3.75. The van der Waals surface area contributed by atoms with Gasteiger partial charge in [-0.1, -0.05) is 22.5 Å². The first-order chi connectivity index (χ1) is 5.70. The van der Waals surface area contributed by atoms with Crippen LogP contribution in [0.2, 0.25) is 0 Å². The number of halogens is 2. The van der Waals surface area contributed by atoms with Crippen molar-refractivity contribution in [1.29, 1.82) is 0 Å². The summed E-state index contributed by atoms with van der Waals surface area (Å²) >= 11 is 6.64. The number of hydrogen-bond donors (Lipinski definition) is 1. The number of nitrogens with one attached hydrogen (secondary N) is 1. The van der Waals surface area contributed by atoms with Crippen LogP contribution in [0.3, 0.4) is 0 Å². The molecule has 0 aliphatic rings. The first-order valence-electron chi connectivity index (χ1n) is 3.37. The molecular weight excluding hydrogens is 284 g/mol. The van der Waals surface area contributed by atoms with Crippen LogP contribution in [0.1, 0.15) is 0 Å². The highest BCUT2D eigenvalue weighted by atomic mass is 79.9. The van der Waals surface area contributed by atoms with Gasteiger partial charge in [0.25, 0.3) is 0 Å². The van der Waals surface area contributed by atoms with Crippen LogP contribution in [0.4, 0.5) is 5.69 Å². The molecule has 2 nitrogen and oxygen atoms in total. The van der Waals surface area contributed by atoms with E-state index in [9.17, 15) is 0 Å². The average Bonchev–Trinajstić information content (AvgIpc) is 2.03. The maximum Gasteiger partial charge on any atom is 0.0590 e. The van der Waals surface area contributed by atoms with Crippen LogP contribution in [0.25, 0.3) is 0 Å². The van der Waals surface area contributed by atoms with Crippen molar-refractivity contribution in [2.24, 2.45) is 0 Å². The topological polar surface area (TPSA) is 24.9 Å². The van der Waals surface area contributed by atoms with E-state index >= 15 is 0 Å². The molecule has 1 aromatic rings. The van der Waals surface area contributed by atoms with E-state index in [4.69, 9.17) is 0 Å². The predicted molar refractivity (Wildman–Crippen MR) is 58.5 cm³/mol. The van der Waals surface area contributed by atoms with E-state index in [0.29, 0.717) is 6.54 Å². The number of pyridine rings is 1. The fraction of sp³-hybridized carbons (Fsp3) is 0.125. The molecule has 1 N–H and O–H groups in total. The standard InChI is InChI=1S/C8H8Br2N2/c1-6(9)4-12-8-2-3-11-5-7(8)10/h2-3,5H,1,4H2,(H,11,12). The van der Waals surface area contributed by atoms with Gasteiger partial charge in [-0.2, -0.15) is 0 Å². The summed E-state index contributed by atoms with van der Waals surface area (Å²) in [6, 6.07) is 1.90. The molecule has 0 amide bonds. The van der Waals surface area contributed by atoms with Gasteiger partial charge in [-0.15, -0.1) is 0 Å². The zero-order valence-electron chi connectivity index (χ0n) is 6.35. The average molecular weight is 292 g/mol. The van der Waals surface area contributed by atoms with Gasteiger partial charge in [0.05, 0.1) is 10.2 Å². The van der Waals surface area contributed by atoms with Gasteiger partial charge in [-0.25, -0.2) is 0 Å². The summed E-state index contributed by atoms with van der Waals surface area (Å²) < 4.78 is 1.88. The predicted octanol–water partition coefficient (Wildman–Crippen LogP) is 3.16. The van der Waals surface area contributed by atoms with Crippen molar-refractivity contribution < 1.29 is 0 Å². The van der Waals surface area contributed by atoms with E-state index < -0.39 is 0 Å². The quantitative estimate of drug-likeness (QED) is 0.925. The first kappa shape index (κ1) is 9.74. The van der Waals surface area contributed by atoms with E-state index in [1.807, 2.05) is 6.07 Å². The van der Waals surface area contributed by atoms with Crippen LogP contribution < -0.4 is 5.32 Å². The molecule has 0 saturated carbocycles. The van der Waals surface area contributed by atoms with Gasteiger partial charge >= 0.3 is 0 Å². The van der Waals surface area contributed by atoms with Crippen molar-refractivity contribution in [2.75, 3.05) is 11.9 Å². The van der Waals surface area contributed by atoms with Crippen molar-refractivity contribution in [2.45, 2.75) is 0 Å². The minimum atomic E-state index is 0.711. The van der Waals surface area contributed by atoms with Crippen LogP contribution in [0, 0.1) is 0 Å². The molecule has 64 valence electrons. The van der Waals surface area contributed by atoms with Crippen molar-refractivity contribution >= 4 is 37.5 Å². The number of rotatable bonds is 3. The Morgan fingerprint density at radius 2 is 2.42 bits per heavy atom. The van der Waals surface area contributed by atoms with Crippen molar-refractivity contribution in [3.63, 3.8) is 0 Å². The van der Waals surface area contributed by atoms with Crippen LogP contribution >= 0.6 is 31.9 Å². The van der Waals surface area contributed by atoms with Crippen LogP contribution in [-0.4, -0.2) is 11.5 Å². The van der Waals surface area contributed by atoms with Crippen molar-refractivity contribution in [3.05, 3.63) is 34.0 Å². The fourth-order valence-corrected chi connectivity index (χ4v) is 1.24. The summed E-state index contributed by atoms with van der Waals surface area (Å²) in [5.74, 6) is 0. The Labute approximate surface area is 88.3 Å². The summed E-state index contributed by atoms with van der Waals surface area (Å²) in [5.41, 5.74) is 1.02. The molecule has 1 aromatic heterocycles. The molecule has 0 saturated heterocycles. The fourth-order valence-electron chi connectivity index (χ4n) is 0.710. The number of hydrogen-bond acceptors (Lipinski definition) is 2. The second kappa shape index (κ2) is 4.62. The molecule has 1 rings (SSSR count). The van der Waals surface area contributed by atoms with Gasteiger partial charge in [0.15, 0.2) is 0 Å². The summed E-state index contributed by atoms with van der Waals surface area (Å²) in [4.78, 5) is 3.95. The SMILES string of the molecule is C=C(Br)CNc1ccncc1Br. The molecule has 12 heavy (non-hydrogen) atoms. The summed E-state index contributed by atoms with van der Waals surface area (Å²) in [7, 11) is 0. The summed E-state index contributed by atoms with van der Waals surface area (Å²) in [6.45, 7) is 4.43. The molecule has 0 fully saturated rings. The van der Waals surface area contributed by atoms with E-state index in [0.717, 1.165) is 14.6 Å². The minimum Gasteiger partial charge on any atom is -0.379 e. The van der Waals surface area contributed by atoms with E-state index in [-0.39, 0.29) is 0 Å². The third-order valence-corrected chi connectivity index (χ3v) is 2.16. The molecule has 0 radical (unpaired) electrons. The van der Waals surface area contributed by atoms with Crippen molar-refractivity contribution in [3.8, 4) is 0 Å². The minimum absolute atomic E-state index is 0.711. The van der Waals surface area contributed by atoms with Crippen molar-refractivity contribution in [1.82, 2.24) is 4.98 Å². The van der Waals surface area contributed by atoms with Gasteiger partial charge in [0, 0.05) is 23.4 Å². The Hall–Kier alpha value is -0.350. The third-order valence-electron chi connectivity index (χ3n) is 1.24. The smallest absolute Gasteiger partial charge is 0.0590 e. The van der Waals surface area contributed by atoms with Crippen LogP contribution in [0.5, 0.6) is 0 Å². The molecule has 0 aliphatic carbocycles. The largest absolute Gasteiger partial charge is 0.379 e. The highest BCUT2D eigenvalue weighted by Crippen LogP contribution is 2.20. The molecule has 0 atom stereocenters. The number of nitrogens with zero attached hydrogens (tertiary/aromatic N) is 1. The second-order valence-corrected chi connectivity index (χ2v) is 4.20. The first-order valence-corrected chi connectivity index (χ1v) is 4.95. The lowest BCUT2D eigenvalue weighted by Gasteiger charge is -2.05. The Morgan fingerprint density at radius 3 is 3.00 bits per heavy atom. The van der Waals surface area contributed by atoms with Crippen LogP contribution in [0.15, 0.2) is 34.0 Å². The maximum absolute atomic E-state index is 3.95. The van der Waals surface area contributed by atoms with Crippen LogP contribution in [-0.2, 0) is 0 Å². The van der Waals surface area contributed by atoms with E-state index in [1.165, 1.54) is 0 Å². The molecule has 0 bridgehead atoms. The highest BCUT2D eigenvalue weighted by Gasteiger charge is 1.96. The summed E-state index contributed by atoms with van der Waals surface area (Å²) in [6.07, 6.45) is 3.49. The Balaban J connectivity index is 2.63. The number of aromatic nitrogens is 1. The lowest BCUT2D eigenvalue weighted by molar-refractivity contribution is 1.26. The zero-order valence-corrected chi connectivity index (χ0v) is 9.52. The third kappa shape index (κ3) is 2.95. The molecule has 0 aromatic carbocycles. The van der Waals surface area contributed by atoms with Gasteiger partial charge in [-0.3, -0.25) is 4.98 Å². The zero-order chi connectivity index (χ0) is 8.97. The lowest BCUT2D eigenvalue weighted by Crippen LogP contribution is -2.00. The molecule has 0 unspecified atom stereocenters. The van der Waals surface area contributed by atoms with Gasteiger partial charge in [-0.05, 0) is 22.0 Å². The Morgan fingerprint density at radius 1 is 1.67 bits per heavy atom. The summed E-state index contributed by atoms with van der Waals surface area (Å²) in [5, 5.41) is 3.18. The Bertz CT molecular complexity index is 286. The molecule has 1 heterocycles. The maximum atomic E-state index is 3.95. The molecule has 0 aliphatic heterocycles. The normalized spacial score (nSPS) is 9.50. The van der Waals surface area contributed by atoms with Gasteiger partial charge < -0.3 is 5.32 Å². The van der Waals surface area contributed by atoms with Gasteiger partial charge in [0.1, 0.15) is 0 Å².